The van der Waals surface area contributed by atoms with Gasteiger partial charge in [-0.05, 0) is 24.5 Å². The van der Waals surface area contributed by atoms with Crippen LogP contribution in [-0.4, -0.2) is 46.8 Å². The summed E-state index contributed by atoms with van der Waals surface area (Å²) in [5, 5.41) is 0. The van der Waals surface area contributed by atoms with Crippen LogP contribution in [-0.2, 0) is 17.8 Å². The normalized spacial score (nSPS) is 23.0. The van der Waals surface area contributed by atoms with E-state index in [4.69, 9.17) is 15.5 Å². The highest BCUT2D eigenvalue weighted by Gasteiger charge is 2.27. The number of hydrogen-bond acceptors (Lipinski definition) is 4. The Balaban J connectivity index is 1.84. The van der Waals surface area contributed by atoms with Gasteiger partial charge in [-0.1, -0.05) is 26.0 Å². The number of hydrogen-bond donors (Lipinski definition) is 1. The fourth-order valence-corrected chi connectivity index (χ4v) is 3.41. The van der Waals surface area contributed by atoms with E-state index in [0.29, 0.717) is 5.92 Å². The summed E-state index contributed by atoms with van der Waals surface area (Å²) < 4.78 is 7.90. The zero-order valence-corrected chi connectivity index (χ0v) is 14.4. The summed E-state index contributed by atoms with van der Waals surface area (Å²) in [6.07, 6.45) is 1.09. The fourth-order valence-electron chi connectivity index (χ4n) is 3.41. The maximum Gasteiger partial charge on any atom is 0.124 e. The minimum Gasteiger partial charge on any atom is -0.379 e. The Labute approximate surface area is 138 Å². The molecule has 1 saturated heterocycles. The predicted octanol–water partition coefficient (Wildman–Crippen LogP) is 2.24. The Kier molecular flexibility index (Phi) is 4.99. The molecule has 1 aliphatic rings. The molecule has 5 heteroatoms. The highest BCUT2D eigenvalue weighted by atomic mass is 16.5. The van der Waals surface area contributed by atoms with Crippen LogP contribution in [0.5, 0.6) is 0 Å². The smallest absolute Gasteiger partial charge is 0.124 e. The second kappa shape index (κ2) is 6.99. The van der Waals surface area contributed by atoms with Gasteiger partial charge in [0.05, 0.1) is 23.7 Å². The van der Waals surface area contributed by atoms with Crippen LogP contribution in [0.2, 0.25) is 0 Å². The van der Waals surface area contributed by atoms with Crippen molar-refractivity contribution in [2.45, 2.75) is 45.5 Å². The number of nitrogens with zero attached hydrogens (tertiary/aromatic N) is 3. The van der Waals surface area contributed by atoms with E-state index in [1.165, 1.54) is 5.52 Å². The van der Waals surface area contributed by atoms with Crippen LogP contribution in [0.25, 0.3) is 11.0 Å². The minimum atomic E-state index is 0.117. The molecular formula is C18H28N4O. The highest BCUT2D eigenvalue weighted by molar-refractivity contribution is 5.75. The standard InChI is InChI=1S/C18H28N4O/c1-13(2)10-22-16-7-5-4-6-15(16)20-18(22)12-21-9-8-14(19)17(11-21)23-3/h4-7,13-14,17H,8-12,19H2,1-3H3/t14-,17+/m1/s1. The van der Waals surface area contributed by atoms with Crippen molar-refractivity contribution in [2.24, 2.45) is 11.7 Å². The largest absolute Gasteiger partial charge is 0.379 e. The third kappa shape index (κ3) is 3.57. The Morgan fingerprint density at radius 2 is 2.13 bits per heavy atom. The Bertz CT molecular complexity index is 652. The quantitative estimate of drug-likeness (QED) is 0.919. The first-order valence-corrected chi connectivity index (χ1v) is 8.53. The van der Waals surface area contributed by atoms with E-state index < -0.39 is 0 Å². The summed E-state index contributed by atoms with van der Waals surface area (Å²) in [6.45, 7) is 8.23. The number of ether oxygens (including phenoxy) is 1. The summed E-state index contributed by atoms with van der Waals surface area (Å²) >= 11 is 0. The Hall–Kier alpha value is -1.43. The lowest BCUT2D eigenvalue weighted by Crippen LogP contribution is -2.51. The highest BCUT2D eigenvalue weighted by Crippen LogP contribution is 2.21. The third-order valence-electron chi connectivity index (χ3n) is 4.64. The zero-order chi connectivity index (χ0) is 16.4. The molecule has 1 fully saturated rings. The SMILES string of the molecule is CO[C@H]1CN(Cc2nc3ccccc3n2CC(C)C)CC[C@H]1N. The van der Waals surface area contributed by atoms with Gasteiger partial charge in [0.15, 0.2) is 0 Å². The summed E-state index contributed by atoms with van der Waals surface area (Å²) in [5.74, 6) is 1.73. The molecule has 1 aliphatic heterocycles. The number of aromatic nitrogens is 2. The fraction of sp³-hybridized carbons (Fsp3) is 0.611. The predicted molar refractivity (Wildman–Crippen MR) is 93.2 cm³/mol. The summed E-state index contributed by atoms with van der Waals surface area (Å²) in [4.78, 5) is 7.29. The number of imidazole rings is 1. The lowest BCUT2D eigenvalue weighted by atomic mass is 10.0. The average Bonchev–Trinajstić information content (AvgIpc) is 2.86. The van der Waals surface area contributed by atoms with Crippen molar-refractivity contribution in [1.82, 2.24) is 14.5 Å². The third-order valence-corrected chi connectivity index (χ3v) is 4.64. The van der Waals surface area contributed by atoms with E-state index in [2.05, 4.69) is 47.6 Å². The number of piperidine rings is 1. The van der Waals surface area contributed by atoms with E-state index >= 15 is 0 Å². The molecule has 0 unspecified atom stereocenters. The zero-order valence-electron chi connectivity index (χ0n) is 14.4. The monoisotopic (exact) mass is 316 g/mol. The lowest BCUT2D eigenvalue weighted by molar-refractivity contribution is 0.0129. The molecule has 0 spiro atoms. The molecule has 0 bridgehead atoms. The van der Waals surface area contributed by atoms with Crippen LogP contribution in [0.1, 0.15) is 26.1 Å². The maximum absolute atomic E-state index is 6.13. The molecule has 3 rings (SSSR count). The van der Waals surface area contributed by atoms with Gasteiger partial charge in [0.25, 0.3) is 0 Å². The molecule has 0 aliphatic carbocycles. The van der Waals surface area contributed by atoms with E-state index in [-0.39, 0.29) is 12.1 Å². The van der Waals surface area contributed by atoms with Gasteiger partial charge in [0.1, 0.15) is 5.82 Å². The topological polar surface area (TPSA) is 56.3 Å². The second-order valence-corrected chi connectivity index (χ2v) is 6.98. The van der Waals surface area contributed by atoms with Crippen LogP contribution in [0.15, 0.2) is 24.3 Å². The number of likely N-dealkylation sites (tertiary alicyclic amines) is 1. The van der Waals surface area contributed by atoms with Gasteiger partial charge in [-0.3, -0.25) is 4.90 Å². The van der Waals surface area contributed by atoms with Crippen molar-refractivity contribution in [3.63, 3.8) is 0 Å². The molecule has 1 aromatic carbocycles. The minimum absolute atomic E-state index is 0.117. The maximum atomic E-state index is 6.13. The molecule has 0 radical (unpaired) electrons. The van der Waals surface area contributed by atoms with Crippen molar-refractivity contribution in [1.29, 1.82) is 0 Å². The molecule has 2 aromatic rings. The number of benzene rings is 1. The summed E-state index contributed by atoms with van der Waals surface area (Å²) in [5.41, 5.74) is 8.44. The first kappa shape index (κ1) is 16.4. The second-order valence-electron chi connectivity index (χ2n) is 6.98. The van der Waals surface area contributed by atoms with Crippen molar-refractivity contribution in [3.05, 3.63) is 30.1 Å². The molecule has 0 saturated carbocycles. The number of fused-ring (bicyclic) bond motifs is 1. The first-order chi connectivity index (χ1) is 11.1. The van der Waals surface area contributed by atoms with Crippen molar-refractivity contribution < 1.29 is 4.74 Å². The summed E-state index contributed by atoms with van der Waals surface area (Å²) in [6, 6.07) is 8.55. The first-order valence-electron chi connectivity index (χ1n) is 8.53. The number of rotatable bonds is 5. The van der Waals surface area contributed by atoms with Gasteiger partial charge >= 0.3 is 0 Å². The number of methoxy groups -OCH3 is 1. The Morgan fingerprint density at radius 1 is 1.35 bits per heavy atom. The van der Waals surface area contributed by atoms with E-state index in [1.807, 2.05) is 0 Å². The molecule has 2 N–H and O–H groups in total. The molecule has 2 atom stereocenters. The van der Waals surface area contributed by atoms with Crippen LogP contribution in [0.4, 0.5) is 0 Å². The van der Waals surface area contributed by atoms with Gasteiger partial charge in [-0.25, -0.2) is 4.98 Å². The van der Waals surface area contributed by atoms with Gasteiger partial charge in [-0.2, -0.15) is 0 Å². The van der Waals surface area contributed by atoms with Crippen LogP contribution < -0.4 is 5.73 Å². The molecule has 0 amide bonds. The molecular weight excluding hydrogens is 288 g/mol. The van der Waals surface area contributed by atoms with Crippen molar-refractivity contribution in [3.8, 4) is 0 Å². The lowest BCUT2D eigenvalue weighted by Gasteiger charge is -2.35. The molecule has 2 heterocycles. The van der Waals surface area contributed by atoms with Crippen LogP contribution in [0, 0.1) is 5.92 Å². The van der Waals surface area contributed by atoms with E-state index in [0.717, 1.165) is 43.9 Å². The Morgan fingerprint density at radius 3 is 2.87 bits per heavy atom. The van der Waals surface area contributed by atoms with Crippen molar-refractivity contribution in [2.75, 3.05) is 20.2 Å². The molecule has 5 nitrogen and oxygen atoms in total. The van der Waals surface area contributed by atoms with Crippen LogP contribution >= 0.6 is 0 Å². The van der Waals surface area contributed by atoms with Crippen LogP contribution in [0.3, 0.4) is 0 Å². The number of nitrogens with two attached hydrogens (primary N) is 1. The van der Waals surface area contributed by atoms with Crippen molar-refractivity contribution >= 4 is 11.0 Å². The molecule has 23 heavy (non-hydrogen) atoms. The van der Waals surface area contributed by atoms with Gasteiger partial charge < -0.3 is 15.0 Å². The van der Waals surface area contributed by atoms with Gasteiger partial charge in [-0.15, -0.1) is 0 Å². The number of para-hydroxylation sites is 2. The van der Waals surface area contributed by atoms with E-state index in [1.54, 1.807) is 7.11 Å². The molecule has 126 valence electrons. The summed E-state index contributed by atoms with van der Waals surface area (Å²) in [7, 11) is 1.75. The van der Waals surface area contributed by atoms with Gasteiger partial charge in [0.2, 0.25) is 0 Å². The average molecular weight is 316 g/mol. The van der Waals surface area contributed by atoms with E-state index in [9.17, 15) is 0 Å². The van der Waals surface area contributed by atoms with Gasteiger partial charge in [0, 0.05) is 32.8 Å². The molecule has 1 aromatic heterocycles.